The number of nitrogens with two attached hydrogens (primary N) is 1. The minimum atomic E-state index is -1.34. The van der Waals surface area contributed by atoms with E-state index in [1.165, 1.54) is 0 Å². The first-order chi connectivity index (χ1) is 8.06. The van der Waals surface area contributed by atoms with E-state index in [9.17, 15) is 9.59 Å². The Balaban J connectivity index is 2.68. The van der Waals surface area contributed by atoms with E-state index in [1.807, 2.05) is 0 Å². The van der Waals surface area contributed by atoms with E-state index in [4.69, 9.17) is 15.9 Å². The van der Waals surface area contributed by atoms with Gasteiger partial charge < -0.3 is 21.3 Å². The lowest BCUT2D eigenvalue weighted by atomic mass is 10.1. The Hall–Kier alpha value is -1.92. The van der Waals surface area contributed by atoms with Gasteiger partial charge >= 0.3 is 5.97 Å². The van der Waals surface area contributed by atoms with Crippen LogP contribution >= 0.6 is 0 Å². The number of carbonyl (C=O) groups is 2. The maximum Gasteiger partial charge on any atom is 0.328 e. The molecule has 2 atom stereocenters. The third kappa shape index (κ3) is 3.54. The van der Waals surface area contributed by atoms with Crippen molar-refractivity contribution >= 4 is 11.9 Å². The van der Waals surface area contributed by atoms with E-state index in [1.54, 1.807) is 30.3 Å². The van der Waals surface area contributed by atoms with Crippen molar-refractivity contribution in [2.75, 3.05) is 6.61 Å². The molecule has 0 saturated carbocycles. The molecule has 1 amide bonds. The molecule has 5 N–H and O–H groups in total. The van der Waals surface area contributed by atoms with E-state index in [0.717, 1.165) is 0 Å². The van der Waals surface area contributed by atoms with Crippen molar-refractivity contribution in [2.24, 2.45) is 5.73 Å². The van der Waals surface area contributed by atoms with Gasteiger partial charge in [-0.15, -0.1) is 0 Å². The number of carboxylic acids is 1. The van der Waals surface area contributed by atoms with Crippen LogP contribution in [-0.4, -0.2) is 34.7 Å². The highest BCUT2D eigenvalue weighted by atomic mass is 16.4. The summed E-state index contributed by atoms with van der Waals surface area (Å²) in [6.07, 6.45) is 0. The van der Waals surface area contributed by atoms with E-state index in [-0.39, 0.29) is 0 Å². The number of benzene rings is 1. The first kappa shape index (κ1) is 13.1. The molecule has 0 saturated heterocycles. The number of nitrogens with one attached hydrogen (secondary N) is 1. The predicted molar refractivity (Wildman–Crippen MR) is 60.0 cm³/mol. The minimum absolute atomic E-state index is 0.576. The second-order valence-electron chi connectivity index (χ2n) is 3.47. The Labute approximate surface area is 98.1 Å². The van der Waals surface area contributed by atoms with E-state index in [0.29, 0.717) is 5.56 Å². The zero-order valence-electron chi connectivity index (χ0n) is 9.04. The van der Waals surface area contributed by atoms with Crippen LogP contribution in [0.25, 0.3) is 0 Å². The smallest absolute Gasteiger partial charge is 0.328 e. The van der Waals surface area contributed by atoms with E-state index in [2.05, 4.69) is 5.32 Å². The van der Waals surface area contributed by atoms with Gasteiger partial charge in [0.25, 0.3) is 0 Å². The average molecular weight is 238 g/mol. The average Bonchev–Trinajstić information content (AvgIpc) is 2.35. The first-order valence-corrected chi connectivity index (χ1v) is 5.01. The third-order valence-electron chi connectivity index (χ3n) is 2.24. The molecule has 6 nitrogen and oxygen atoms in total. The molecule has 1 aromatic rings. The van der Waals surface area contributed by atoms with Crippen LogP contribution < -0.4 is 11.1 Å². The normalized spacial score (nSPS) is 13.8. The molecule has 6 heteroatoms. The van der Waals surface area contributed by atoms with Gasteiger partial charge in [-0.3, -0.25) is 4.79 Å². The summed E-state index contributed by atoms with van der Waals surface area (Å²) in [6, 6.07) is 6.27. The summed E-state index contributed by atoms with van der Waals surface area (Å²) in [5, 5.41) is 19.6. The summed E-state index contributed by atoms with van der Waals surface area (Å²) in [6.45, 7) is -0.678. The van der Waals surface area contributed by atoms with Gasteiger partial charge in [0.1, 0.15) is 12.1 Å². The molecule has 0 aliphatic rings. The summed E-state index contributed by atoms with van der Waals surface area (Å²) < 4.78 is 0. The summed E-state index contributed by atoms with van der Waals surface area (Å²) in [5.74, 6) is -1.95. The molecule has 0 fully saturated rings. The molecule has 1 aromatic carbocycles. The SMILES string of the molecule is N[C@@H](C(=O)N[C@@H](CO)C(=O)O)c1ccccc1. The standard InChI is InChI=1S/C11H14N2O4/c12-9(7-4-2-1-3-5-7)10(15)13-8(6-14)11(16)17/h1-5,8-9,14H,6,12H2,(H,13,15)(H,16,17)/t8-,9+/m0/s1. The number of aliphatic carboxylic acids is 1. The Morgan fingerprint density at radius 3 is 2.35 bits per heavy atom. The predicted octanol–water partition coefficient (Wildman–Crippen LogP) is -0.752. The van der Waals surface area contributed by atoms with Crippen molar-refractivity contribution in [3.8, 4) is 0 Å². The highest BCUT2D eigenvalue weighted by molar-refractivity contribution is 5.87. The summed E-state index contributed by atoms with van der Waals surface area (Å²) in [7, 11) is 0. The second-order valence-corrected chi connectivity index (χ2v) is 3.47. The van der Waals surface area contributed by atoms with Gasteiger partial charge in [0.05, 0.1) is 6.61 Å². The highest BCUT2D eigenvalue weighted by Crippen LogP contribution is 2.09. The van der Waals surface area contributed by atoms with Crippen LogP contribution in [0.15, 0.2) is 30.3 Å². The number of amides is 1. The van der Waals surface area contributed by atoms with Crippen molar-refractivity contribution in [2.45, 2.75) is 12.1 Å². The molecule has 0 aliphatic carbocycles. The van der Waals surface area contributed by atoms with Crippen molar-refractivity contribution in [3.05, 3.63) is 35.9 Å². The maximum atomic E-state index is 11.6. The lowest BCUT2D eigenvalue weighted by Gasteiger charge is -2.16. The van der Waals surface area contributed by atoms with E-state index >= 15 is 0 Å². The summed E-state index contributed by atoms with van der Waals surface area (Å²) in [5.41, 5.74) is 6.23. The van der Waals surface area contributed by atoms with Gasteiger partial charge in [-0.25, -0.2) is 4.79 Å². The molecule has 0 aromatic heterocycles. The molecular weight excluding hydrogens is 224 g/mol. The van der Waals surface area contributed by atoms with Crippen LogP contribution in [0.4, 0.5) is 0 Å². The highest BCUT2D eigenvalue weighted by Gasteiger charge is 2.23. The van der Waals surface area contributed by atoms with Crippen LogP contribution in [0.2, 0.25) is 0 Å². The fraction of sp³-hybridized carbons (Fsp3) is 0.273. The first-order valence-electron chi connectivity index (χ1n) is 5.01. The van der Waals surface area contributed by atoms with E-state index < -0.39 is 30.6 Å². The van der Waals surface area contributed by atoms with Gasteiger partial charge in [0.15, 0.2) is 0 Å². The summed E-state index contributed by atoms with van der Waals surface area (Å²) in [4.78, 5) is 22.2. The number of rotatable bonds is 5. The van der Waals surface area contributed by atoms with Gasteiger partial charge in [-0.05, 0) is 5.56 Å². The Morgan fingerprint density at radius 2 is 1.88 bits per heavy atom. The van der Waals surface area contributed by atoms with Gasteiger partial charge in [0.2, 0.25) is 5.91 Å². The number of carbonyl (C=O) groups excluding carboxylic acids is 1. The molecule has 0 heterocycles. The van der Waals surface area contributed by atoms with Gasteiger partial charge in [0, 0.05) is 0 Å². The topological polar surface area (TPSA) is 113 Å². The number of aliphatic hydroxyl groups is 1. The Bertz CT molecular complexity index is 394. The maximum absolute atomic E-state index is 11.6. The molecular formula is C11H14N2O4. The zero-order valence-corrected chi connectivity index (χ0v) is 9.04. The molecule has 0 bridgehead atoms. The molecule has 92 valence electrons. The number of aliphatic hydroxyl groups excluding tert-OH is 1. The van der Waals surface area contributed by atoms with Crippen molar-refractivity contribution in [3.63, 3.8) is 0 Å². The monoisotopic (exact) mass is 238 g/mol. The Kier molecular flexibility index (Phi) is 4.62. The lowest BCUT2D eigenvalue weighted by Crippen LogP contribution is -2.46. The number of hydrogen-bond acceptors (Lipinski definition) is 4. The quantitative estimate of drug-likeness (QED) is 0.539. The van der Waals surface area contributed by atoms with Crippen molar-refractivity contribution in [1.82, 2.24) is 5.32 Å². The Morgan fingerprint density at radius 1 is 1.29 bits per heavy atom. The molecule has 1 rings (SSSR count). The van der Waals surface area contributed by atoms with Crippen LogP contribution in [0, 0.1) is 0 Å². The fourth-order valence-electron chi connectivity index (χ4n) is 1.26. The molecule has 17 heavy (non-hydrogen) atoms. The number of hydrogen-bond donors (Lipinski definition) is 4. The third-order valence-corrected chi connectivity index (χ3v) is 2.24. The minimum Gasteiger partial charge on any atom is -0.480 e. The van der Waals surface area contributed by atoms with Crippen LogP contribution in [0.1, 0.15) is 11.6 Å². The second kappa shape index (κ2) is 5.97. The molecule has 0 unspecified atom stereocenters. The largest absolute Gasteiger partial charge is 0.480 e. The van der Waals surface area contributed by atoms with Crippen molar-refractivity contribution in [1.29, 1.82) is 0 Å². The molecule has 0 radical (unpaired) electrons. The van der Waals surface area contributed by atoms with Crippen LogP contribution in [0.3, 0.4) is 0 Å². The molecule has 0 spiro atoms. The zero-order chi connectivity index (χ0) is 12.8. The van der Waals surface area contributed by atoms with Crippen molar-refractivity contribution < 1.29 is 19.8 Å². The van der Waals surface area contributed by atoms with Crippen LogP contribution in [0.5, 0.6) is 0 Å². The lowest BCUT2D eigenvalue weighted by molar-refractivity contribution is -0.143. The van der Waals surface area contributed by atoms with Crippen LogP contribution in [-0.2, 0) is 9.59 Å². The van der Waals surface area contributed by atoms with Gasteiger partial charge in [-0.1, -0.05) is 30.3 Å². The number of carboxylic acid groups (broad SMARTS) is 1. The summed E-state index contributed by atoms with van der Waals surface area (Å²) >= 11 is 0. The van der Waals surface area contributed by atoms with Gasteiger partial charge in [-0.2, -0.15) is 0 Å². The fourth-order valence-corrected chi connectivity index (χ4v) is 1.26. The molecule has 0 aliphatic heterocycles.